The van der Waals surface area contributed by atoms with Crippen LogP contribution in [0.15, 0.2) is 103 Å². The molecule has 5 rings (SSSR count). The predicted octanol–water partition coefficient (Wildman–Crippen LogP) is 5.66. The van der Waals surface area contributed by atoms with Crippen LogP contribution in [0.3, 0.4) is 0 Å². The molecule has 7 nitrogen and oxygen atoms in total. The molecule has 1 aliphatic heterocycles. The lowest BCUT2D eigenvalue weighted by Gasteiger charge is -2.29. The molecule has 0 saturated heterocycles. The molecule has 4 aromatic rings. The topological polar surface area (TPSA) is 77.1 Å². The summed E-state index contributed by atoms with van der Waals surface area (Å²) >= 11 is 0. The maximum atomic E-state index is 13.2. The first-order valence-electron chi connectivity index (χ1n) is 12.8. The molecular weight excluding hydrogens is 492 g/mol. The van der Waals surface area contributed by atoms with Gasteiger partial charge in [-0.25, -0.2) is 0 Å². The van der Waals surface area contributed by atoms with Crippen LogP contribution < -0.4 is 24.4 Å². The van der Waals surface area contributed by atoms with Gasteiger partial charge in [-0.05, 0) is 53.6 Å². The highest BCUT2D eigenvalue weighted by Gasteiger charge is 2.26. The van der Waals surface area contributed by atoms with Crippen LogP contribution in [0.1, 0.15) is 23.5 Å². The van der Waals surface area contributed by atoms with Crippen LogP contribution in [0.25, 0.3) is 0 Å². The Kier molecular flexibility index (Phi) is 8.07. The Labute approximate surface area is 227 Å². The average Bonchev–Trinajstić information content (AvgIpc) is 2.98. The lowest BCUT2D eigenvalue weighted by atomic mass is 9.88. The number of fused-ring (bicyclic) bond motifs is 1. The number of ether oxygens (including phenoxy) is 3. The summed E-state index contributed by atoms with van der Waals surface area (Å²) in [6.45, 7) is 0.587. The van der Waals surface area contributed by atoms with E-state index in [2.05, 4.69) is 5.32 Å². The van der Waals surface area contributed by atoms with Crippen molar-refractivity contribution in [2.45, 2.75) is 12.3 Å². The molecule has 1 heterocycles. The number of nitrogens with one attached hydrogen (secondary N) is 1. The van der Waals surface area contributed by atoms with E-state index >= 15 is 0 Å². The van der Waals surface area contributed by atoms with Crippen LogP contribution in [0.4, 0.5) is 11.4 Å². The van der Waals surface area contributed by atoms with Crippen LogP contribution in [-0.4, -0.2) is 38.7 Å². The SMILES string of the molecule is COc1ccc(OCCN2C(=O)COc3ccc(NC(=O)CC(c4ccccc4)c4ccccc4)cc32)cc1. The molecule has 2 amide bonds. The molecule has 0 radical (unpaired) electrons. The Morgan fingerprint density at radius 3 is 2.18 bits per heavy atom. The summed E-state index contributed by atoms with van der Waals surface area (Å²) in [5.74, 6) is 1.64. The molecule has 1 aliphatic rings. The summed E-state index contributed by atoms with van der Waals surface area (Å²) in [7, 11) is 1.61. The third-order valence-electron chi connectivity index (χ3n) is 6.62. The third-order valence-corrected chi connectivity index (χ3v) is 6.62. The number of anilines is 2. The van der Waals surface area contributed by atoms with Gasteiger partial charge in [0.25, 0.3) is 5.91 Å². The number of nitrogens with zero attached hydrogens (tertiary/aromatic N) is 1. The maximum absolute atomic E-state index is 13.2. The molecule has 0 unspecified atom stereocenters. The van der Waals surface area contributed by atoms with Gasteiger partial charge < -0.3 is 24.4 Å². The molecule has 0 atom stereocenters. The second-order valence-corrected chi connectivity index (χ2v) is 9.17. The van der Waals surface area contributed by atoms with Gasteiger partial charge in [0.1, 0.15) is 23.9 Å². The Bertz CT molecular complexity index is 1370. The smallest absolute Gasteiger partial charge is 0.265 e. The zero-order chi connectivity index (χ0) is 27.0. The summed E-state index contributed by atoms with van der Waals surface area (Å²) in [4.78, 5) is 27.6. The van der Waals surface area contributed by atoms with Gasteiger partial charge in [-0.1, -0.05) is 60.7 Å². The number of amides is 2. The van der Waals surface area contributed by atoms with Crippen molar-refractivity contribution >= 4 is 23.2 Å². The Balaban J connectivity index is 1.27. The summed E-state index contributed by atoms with van der Waals surface area (Å²) in [6, 6.07) is 32.6. The van der Waals surface area contributed by atoms with E-state index in [0.717, 1.165) is 16.9 Å². The van der Waals surface area contributed by atoms with Crippen molar-refractivity contribution in [3.05, 3.63) is 114 Å². The Morgan fingerprint density at radius 1 is 0.897 bits per heavy atom. The molecule has 0 aliphatic carbocycles. The number of carbonyl (C=O) groups is 2. The van der Waals surface area contributed by atoms with Crippen LogP contribution in [0, 0.1) is 0 Å². The molecule has 39 heavy (non-hydrogen) atoms. The maximum Gasteiger partial charge on any atom is 0.265 e. The van der Waals surface area contributed by atoms with Gasteiger partial charge in [0.2, 0.25) is 5.91 Å². The van der Waals surface area contributed by atoms with Crippen molar-refractivity contribution in [3.63, 3.8) is 0 Å². The summed E-state index contributed by atoms with van der Waals surface area (Å²) in [5, 5.41) is 3.01. The second-order valence-electron chi connectivity index (χ2n) is 9.17. The Hall–Kier alpha value is -4.78. The standard InChI is InChI=1S/C32H30N2O5/c1-37-26-13-15-27(16-14-26)38-19-18-34-29-20-25(12-17-30(29)39-22-32(34)36)33-31(35)21-28(23-8-4-2-5-9-23)24-10-6-3-7-11-24/h2-17,20,28H,18-19,21-22H2,1H3,(H,33,35). The first-order chi connectivity index (χ1) is 19.1. The highest BCUT2D eigenvalue weighted by Crippen LogP contribution is 2.35. The summed E-state index contributed by atoms with van der Waals surface area (Å²) in [6.07, 6.45) is 0.278. The molecular formula is C32H30N2O5. The molecule has 0 fully saturated rings. The van der Waals surface area contributed by atoms with Crippen molar-refractivity contribution < 1.29 is 23.8 Å². The van der Waals surface area contributed by atoms with Crippen LogP contribution in [0.2, 0.25) is 0 Å². The molecule has 0 saturated carbocycles. The van der Waals surface area contributed by atoms with Gasteiger partial charge >= 0.3 is 0 Å². The van der Waals surface area contributed by atoms with E-state index in [1.54, 1.807) is 30.2 Å². The van der Waals surface area contributed by atoms with Gasteiger partial charge in [0, 0.05) is 18.0 Å². The fraction of sp³-hybridized carbons (Fsp3) is 0.188. The lowest BCUT2D eigenvalue weighted by Crippen LogP contribution is -2.41. The minimum Gasteiger partial charge on any atom is -0.497 e. The number of rotatable bonds is 10. The number of hydrogen-bond donors (Lipinski definition) is 1. The minimum atomic E-state index is -0.169. The van der Waals surface area contributed by atoms with Crippen molar-refractivity contribution in [1.29, 1.82) is 0 Å². The van der Waals surface area contributed by atoms with Gasteiger partial charge in [0.15, 0.2) is 6.61 Å². The minimum absolute atomic E-state index is 0.0446. The summed E-state index contributed by atoms with van der Waals surface area (Å²) < 4.78 is 16.6. The monoisotopic (exact) mass is 522 g/mol. The van der Waals surface area contributed by atoms with Gasteiger partial charge in [-0.15, -0.1) is 0 Å². The van der Waals surface area contributed by atoms with Gasteiger partial charge in [0.05, 0.1) is 19.3 Å². The van der Waals surface area contributed by atoms with E-state index in [-0.39, 0.29) is 30.8 Å². The average molecular weight is 523 g/mol. The molecule has 0 spiro atoms. The highest BCUT2D eigenvalue weighted by molar-refractivity contribution is 5.99. The molecule has 1 N–H and O–H groups in total. The predicted molar refractivity (Wildman–Crippen MR) is 151 cm³/mol. The van der Waals surface area contributed by atoms with Crippen LogP contribution in [0.5, 0.6) is 17.2 Å². The quantitative estimate of drug-likeness (QED) is 0.291. The largest absolute Gasteiger partial charge is 0.497 e. The third kappa shape index (κ3) is 6.38. The number of benzene rings is 4. The first kappa shape index (κ1) is 25.9. The van der Waals surface area contributed by atoms with Crippen LogP contribution in [-0.2, 0) is 9.59 Å². The fourth-order valence-corrected chi connectivity index (χ4v) is 4.65. The number of methoxy groups -OCH3 is 1. The van der Waals surface area contributed by atoms with Gasteiger partial charge in [-0.2, -0.15) is 0 Å². The zero-order valence-electron chi connectivity index (χ0n) is 21.7. The van der Waals surface area contributed by atoms with Crippen molar-refractivity contribution in [3.8, 4) is 17.2 Å². The normalized spacial score (nSPS) is 12.5. The number of hydrogen-bond acceptors (Lipinski definition) is 5. The molecule has 7 heteroatoms. The van der Waals surface area contributed by atoms with E-state index in [1.807, 2.05) is 84.9 Å². The number of carbonyl (C=O) groups excluding carboxylic acids is 2. The van der Waals surface area contributed by atoms with E-state index < -0.39 is 0 Å². The van der Waals surface area contributed by atoms with Gasteiger partial charge in [-0.3, -0.25) is 9.59 Å². The van der Waals surface area contributed by atoms with Crippen molar-refractivity contribution in [2.24, 2.45) is 0 Å². The molecule has 198 valence electrons. The highest BCUT2D eigenvalue weighted by atomic mass is 16.5. The lowest BCUT2D eigenvalue weighted by molar-refractivity contribution is -0.121. The first-order valence-corrected chi connectivity index (χ1v) is 12.8. The van der Waals surface area contributed by atoms with Crippen LogP contribution >= 0.6 is 0 Å². The molecule has 4 aromatic carbocycles. The Morgan fingerprint density at radius 2 is 1.54 bits per heavy atom. The van der Waals surface area contributed by atoms with E-state index in [0.29, 0.717) is 36.0 Å². The van der Waals surface area contributed by atoms with E-state index in [1.165, 1.54) is 0 Å². The fourth-order valence-electron chi connectivity index (χ4n) is 4.65. The molecule has 0 aromatic heterocycles. The summed E-state index contributed by atoms with van der Waals surface area (Å²) in [5.41, 5.74) is 3.35. The second kappa shape index (κ2) is 12.2. The molecule has 0 bridgehead atoms. The van der Waals surface area contributed by atoms with Crippen molar-refractivity contribution in [2.75, 3.05) is 37.1 Å². The van der Waals surface area contributed by atoms with E-state index in [9.17, 15) is 9.59 Å². The van der Waals surface area contributed by atoms with E-state index in [4.69, 9.17) is 14.2 Å². The zero-order valence-corrected chi connectivity index (χ0v) is 21.7. The van der Waals surface area contributed by atoms with Crippen molar-refractivity contribution in [1.82, 2.24) is 0 Å².